The van der Waals surface area contributed by atoms with E-state index in [1.54, 1.807) is 13.1 Å². The lowest BCUT2D eigenvalue weighted by atomic mass is 9.98. The number of amides is 3. The van der Waals surface area contributed by atoms with Gasteiger partial charge in [0.25, 0.3) is 0 Å². The fourth-order valence-corrected chi connectivity index (χ4v) is 5.09. The molecule has 1 aliphatic heterocycles. The number of rotatable bonds is 14. The van der Waals surface area contributed by atoms with Crippen molar-refractivity contribution in [2.45, 2.75) is 76.5 Å². The number of hydrogen-bond acceptors (Lipinski definition) is 6. The number of nitrogens with two attached hydrogens (primary N) is 3. The van der Waals surface area contributed by atoms with E-state index in [0.717, 1.165) is 16.5 Å². The summed E-state index contributed by atoms with van der Waals surface area (Å²) in [7, 11) is 0. The first-order chi connectivity index (χ1) is 19.5. The van der Waals surface area contributed by atoms with Gasteiger partial charge in [0, 0.05) is 36.6 Å². The highest BCUT2D eigenvalue weighted by Gasteiger charge is 2.38. The van der Waals surface area contributed by atoms with Crippen LogP contribution in [0.25, 0.3) is 10.9 Å². The highest BCUT2D eigenvalue weighted by Crippen LogP contribution is 2.22. The SMILES string of the molecule is CCC(C)C(NC(=O)C(Cc1c[nH]c2ccccc12)NC(=O)C1CCCN1C(=O)C(N)CCCN=C(N)N)C(=O)O. The number of nitrogens with one attached hydrogen (secondary N) is 3. The van der Waals surface area contributed by atoms with E-state index in [9.17, 15) is 24.3 Å². The molecule has 5 atom stereocenters. The summed E-state index contributed by atoms with van der Waals surface area (Å²) in [5.41, 5.74) is 18.5. The normalized spacial score (nSPS) is 17.8. The fraction of sp³-hybridized carbons (Fsp3) is 0.536. The maximum absolute atomic E-state index is 13.5. The zero-order valence-electron chi connectivity index (χ0n) is 23.6. The average Bonchev–Trinajstić information content (AvgIpc) is 3.60. The number of para-hydroxylation sites is 1. The van der Waals surface area contributed by atoms with Crippen LogP contribution in [0.5, 0.6) is 0 Å². The third-order valence-electron chi connectivity index (χ3n) is 7.63. The average molecular weight is 571 g/mol. The summed E-state index contributed by atoms with van der Waals surface area (Å²) in [6, 6.07) is 3.76. The Balaban J connectivity index is 1.77. The monoisotopic (exact) mass is 570 g/mol. The number of H-pyrrole nitrogens is 1. The van der Waals surface area contributed by atoms with Crippen molar-refractivity contribution in [3.8, 4) is 0 Å². The number of likely N-dealkylation sites (tertiary alicyclic amines) is 1. The summed E-state index contributed by atoms with van der Waals surface area (Å²) in [5, 5.41) is 16.1. The minimum atomic E-state index is -1.15. The highest BCUT2D eigenvalue weighted by molar-refractivity contribution is 5.95. The number of hydrogen-bond donors (Lipinski definition) is 7. The van der Waals surface area contributed by atoms with E-state index in [1.807, 2.05) is 31.2 Å². The maximum atomic E-state index is 13.5. The molecule has 2 aromatic rings. The molecular formula is C28H42N8O5. The van der Waals surface area contributed by atoms with Crippen LogP contribution < -0.4 is 27.8 Å². The molecule has 2 heterocycles. The van der Waals surface area contributed by atoms with Crippen molar-refractivity contribution in [2.24, 2.45) is 28.1 Å². The number of aromatic amines is 1. The third-order valence-corrected chi connectivity index (χ3v) is 7.63. The molecule has 1 aromatic heterocycles. The molecule has 1 fully saturated rings. The first-order valence-corrected chi connectivity index (χ1v) is 14.0. The van der Waals surface area contributed by atoms with Gasteiger partial charge in [0.05, 0.1) is 6.04 Å². The van der Waals surface area contributed by atoms with Crippen molar-refractivity contribution in [1.82, 2.24) is 20.5 Å². The molecule has 0 spiro atoms. The van der Waals surface area contributed by atoms with Crippen LogP contribution in [0.1, 0.15) is 51.5 Å². The second kappa shape index (κ2) is 14.5. The van der Waals surface area contributed by atoms with Crippen LogP contribution in [0, 0.1) is 5.92 Å². The van der Waals surface area contributed by atoms with Gasteiger partial charge in [-0.25, -0.2) is 4.79 Å². The van der Waals surface area contributed by atoms with Gasteiger partial charge in [-0.3, -0.25) is 19.4 Å². The van der Waals surface area contributed by atoms with Crippen molar-refractivity contribution < 1.29 is 24.3 Å². The number of guanidine groups is 1. The van der Waals surface area contributed by atoms with E-state index in [4.69, 9.17) is 17.2 Å². The second-order valence-electron chi connectivity index (χ2n) is 10.6. The summed E-state index contributed by atoms with van der Waals surface area (Å²) in [4.78, 5) is 60.6. The smallest absolute Gasteiger partial charge is 0.326 e. The van der Waals surface area contributed by atoms with Crippen LogP contribution in [0.15, 0.2) is 35.5 Å². The predicted molar refractivity (Wildman–Crippen MR) is 156 cm³/mol. The number of carbonyl (C=O) groups excluding carboxylic acids is 3. The Morgan fingerprint density at radius 3 is 2.61 bits per heavy atom. The molecule has 0 aliphatic carbocycles. The topological polar surface area (TPSA) is 222 Å². The van der Waals surface area contributed by atoms with Crippen molar-refractivity contribution in [2.75, 3.05) is 13.1 Å². The maximum Gasteiger partial charge on any atom is 0.326 e. The standard InChI is InChI=1S/C28H42N8O5/c1-3-16(2)23(27(40)41)35-24(37)21(14-17-15-33-20-10-5-4-8-18(17)20)34-25(38)22-11-7-13-36(22)26(39)19(29)9-6-12-32-28(30)31/h4-5,8,10,15-16,19,21-23,33H,3,6-7,9,11-14,29H2,1-2H3,(H,34,38)(H,35,37)(H,40,41)(H4,30,31,32). The summed E-state index contributed by atoms with van der Waals surface area (Å²) < 4.78 is 0. The predicted octanol–water partition coefficient (Wildman–Crippen LogP) is 0.183. The summed E-state index contributed by atoms with van der Waals surface area (Å²) >= 11 is 0. The summed E-state index contributed by atoms with van der Waals surface area (Å²) in [6.07, 6.45) is 4.32. The summed E-state index contributed by atoms with van der Waals surface area (Å²) in [5.74, 6) is -2.95. The molecular weight excluding hydrogens is 528 g/mol. The van der Waals surface area contributed by atoms with Crippen LogP contribution in [-0.2, 0) is 25.6 Å². The molecule has 1 saturated heterocycles. The molecule has 5 unspecified atom stereocenters. The number of benzene rings is 1. The quantitative estimate of drug-likeness (QED) is 0.0940. The van der Waals surface area contributed by atoms with Gasteiger partial charge >= 0.3 is 5.97 Å². The van der Waals surface area contributed by atoms with E-state index in [-0.39, 0.29) is 24.2 Å². The van der Waals surface area contributed by atoms with Gasteiger partial charge in [0.1, 0.15) is 18.1 Å². The van der Waals surface area contributed by atoms with E-state index in [2.05, 4.69) is 20.6 Å². The Morgan fingerprint density at radius 1 is 1.20 bits per heavy atom. The minimum absolute atomic E-state index is 0.0359. The lowest BCUT2D eigenvalue weighted by Gasteiger charge is -2.29. The van der Waals surface area contributed by atoms with Gasteiger partial charge in [0.2, 0.25) is 17.7 Å². The number of nitrogens with zero attached hydrogens (tertiary/aromatic N) is 2. The number of carboxylic acid groups (broad SMARTS) is 1. The number of aromatic nitrogens is 1. The Kier molecular flexibility index (Phi) is 11.1. The van der Waals surface area contributed by atoms with E-state index >= 15 is 0 Å². The molecule has 0 bridgehead atoms. The molecule has 0 saturated carbocycles. The number of fused-ring (bicyclic) bond motifs is 1. The molecule has 0 radical (unpaired) electrons. The van der Waals surface area contributed by atoms with E-state index in [1.165, 1.54) is 4.90 Å². The number of carbonyl (C=O) groups is 4. The molecule has 1 aromatic carbocycles. The Labute approximate surface area is 239 Å². The molecule has 10 N–H and O–H groups in total. The largest absolute Gasteiger partial charge is 0.480 e. The molecule has 224 valence electrons. The molecule has 3 amide bonds. The lowest BCUT2D eigenvalue weighted by molar-refractivity contribution is -0.144. The lowest BCUT2D eigenvalue weighted by Crippen LogP contribution is -2.57. The van der Waals surface area contributed by atoms with Gasteiger partial charge in [-0.1, -0.05) is 38.5 Å². The Hall–Kier alpha value is -4.13. The van der Waals surface area contributed by atoms with Crippen LogP contribution >= 0.6 is 0 Å². The number of aliphatic imine (C=N–C) groups is 1. The second-order valence-corrected chi connectivity index (χ2v) is 10.6. The summed E-state index contributed by atoms with van der Waals surface area (Å²) in [6.45, 7) is 4.29. The molecule has 1 aliphatic rings. The van der Waals surface area contributed by atoms with Crippen molar-refractivity contribution in [3.63, 3.8) is 0 Å². The first kappa shape index (κ1) is 31.4. The van der Waals surface area contributed by atoms with Crippen molar-refractivity contribution >= 4 is 40.6 Å². The highest BCUT2D eigenvalue weighted by atomic mass is 16.4. The zero-order valence-corrected chi connectivity index (χ0v) is 23.6. The van der Waals surface area contributed by atoms with Crippen molar-refractivity contribution in [3.05, 3.63) is 36.0 Å². The molecule has 3 rings (SSSR count). The van der Waals surface area contributed by atoms with Crippen LogP contribution in [0.2, 0.25) is 0 Å². The Bertz CT molecular complexity index is 1260. The van der Waals surface area contributed by atoms with Gasteiger partial charge in [-0.05, 0) is 43.2 Å². The molecule has 13 nitrogen and oxygen atoms in total. The van der Waals surface area contributed by atoms with Gasteiger partial charge in [0.15, 0.2) is 5.96 Å². The number of aliphatic carboxylic acids is 1. The third kappa shape index (κ3) is 8.19. The molecule has 13 heteroatoms. The molecule has 41 heavy (non-hydrogen) atoms. The van der Waals surface area contributed by atoms with E-state index in [0.29, 0.717) is 45.2 Å². The fourth-order valence-electron chi connectivity index (χ4n) is 5.09. The Morgan fingerprint density at radius 2 is 1.93 bits per heavy atom. The zero-order chi connectivity index (χ0) is 30.1. The van der Waals surface area contributed by atoms with Crippen molar-refractivity contribution in [1.29, 1.82) is 0 Å². The van der Waals surface area contributed by atoms with Gasteiger partial charge < -0.3 is 42.8 Å². The van der Waals surface area contributed by atoms with Crippen LogP contribution in [0.4, 0.5) is 0 Å². The number of carboxylic acids is 1. The van der Waals surface area contributed by atoms with Crippen LogP contribution in [0.3, 0.4) is 0 Å². The van der Waals surface area contributed by atoms with E-state index < -0.39 is 42.0 Å². The van der Waals surface area contributed by atoms with Crippen LogP contribution in [-0.4, -0.2) is 81.9 Å². The first-order valence-electron chi connectivity index (χ1n) is 14.0. The minimum Gasteiger partial charge on any atom is -0.480 e. The van der Waals surface area contributed by atoms with Gasteiger partial charge in [-0.15, -0.1) is 0 Å². The van der Waals surface area contributed by atoms with Gasteiger partial charge in [-0.2, -0.15) is 0 Å².